The smallest absolute Gasteiger partial charge is 0.408 e. The van der Waals surface area contributed by atoms with E-state index in [4.69, 9.17) is 9.47 Å². The standard InChI is InChI=1S/C15H25NO5/c1-13(2,3)21-12(19)16-15(11(17)18)9-7-6-8-20-10(9)14(15,4)5/h9-10H,6-8H2,1-5H3,(H,16,19)(H,17,18)/t9-,10-,15+/m1/s1. The van der Waals surface area contributed by atoms with Crippen molar-refractivity contribution < 1.29 is 24.2 Å². The summed E-state index contributed by atoms with van der Waals surface area (Å²) >= 11 is 0. The largest absolute Gasteiger partial charge is 0.479 e. The molecule has 0 bridgehead atoms. The Morgan fingerprint density at radius 1 is 1.33 bits per heavy atom. The number of nitrogens with one attached hydrogen (secondary N) is 1. The van der Waals surface area contributed by atoms with Crippen LogP contribution in [0.25, 0.3) is 0 Å². The van der Waals surface area contributed by atoms with Gasteiger partial charge in [0.1, 0.15) is 5.60 Å². The highest BCUT2D eigenvalue weighted by atomic mass is 16.6. The molecule has 6 nitrogen and oxygen atoms in total. The van der Waals surface area contributed by atoms with Crippen molar-refractivity contribution in [3.63, 3.8) is 0 Å². The quantitative estimate of drug-likeness (QED) is 0.816. The summed E-state index contributed by atoms with van der Waals surface area (Å²) in [4.78, 5) is 24.0. The van der Waals surface area contributed by atoms with E-state index in [1.165, 1.54) is 0 Å². The second-order valence-electron chi connectivity index (χ2n) is 7.50. The molecule has 120 valence electrons. The number of carboxylic acids is 1. The van der Waals surface area contributed by atoms with Crippen LogP contribution in [-0.2, 0) is 14.3 Å². The molecule has 0 spiro atoms. The molecular formula is C15H25NO5. The number of carbonyl (C=O) groups is 2. The Morgan fingerprint density at radius 3 is 2.48 bits per heavy atom. The van der Waals surface area contributed by atoms with Gasteiger partial charge in [-0.15, -0.1) is 0 Å². The van der Waals surface area contributed by atoms with Crippen molar-refractivity contribution in [2.75, 3.05) is 6.61 Å². The van der Waals surface area contributed by atoms with Gasteiger partial charge in [-0.25, -0.2) is 9.59 Å². The molecule has 1 heterocycles. The number of rotatable bonds is 2. The van der Waals surface area contributed by atoms with Gasteiger partial charge in [0, 0.05) is 17.9 Å². The van der Waals surface area contributed by atoms with Crippen LogP contribution in [0.3, 0.4) is 0 Å². The summed E-state index contributed by atoms with van der Waals surface area (Å²) in [5.74, 6) is -1.24. The number of carbonyl (C=O) groups excluding carboxylic acids is 1. The Kier molecular flexibility index (Phi) is 3.72. The molecule has 0 aromatic rings. The van der Waals surface area contributed by atoms with Gasteiger partial charge < -0.3 is 19.9 Å². The fourth-order valence-corrected chi connectivity index (χ4v) is 3.75. The molecule has 1 aliphatic heterocycles. The number of amides is 1. The maximum absolute atomic E-state index is 12.1. The van der Waals surface area contributed by atoms with Crippen molar-refractivity contribution >= 4 is 12.1 Å². The van der Waals surface area contributed by atoms with Crippen LogP contribution < -0.4 is 5.32 Å². The maximum atomic E-state index is 12.1. The van der Waals surface area contributed by atoms with E-state index in [0.29, 0.717) is 6.61 Å². The Balaban J connectivity index is 2.25. The van der Waals surface area contributed by atoms with Gasteiger partial charge in [-0.1, -0.05) is 13.8 Å². The molecule has 6 heteroatoms. The summed E-state index contributed by atoms with van der Waals surface area (Å²) in [5.41, 5.74) is -2.68. The van der Waals surface area contributed by atoms with Crippen molar-refractivity contribution in [1.82, 2.24) is 5.32 Å². The van der Waals surface area contributed by atoms with E-state index in [0.717, 1.165) is 12.8 Å². The van der Waals surface area contributed by atoms with Gasteiger partial charge >= 0.3 is 12.1 Å². The lowest BCUT2D eigenvalue weighted by molar-refractivity contribution is -0.241. The summed E-state index contributed by atoms with van der Waals surface area (Å²) in [7, 11) is 0. The first-order valence-corrected chi connectivity index (χ1v) is 7.38. The van der Waals surface area contributed by atoms with Gasteiger partial charge in [0.05, 0.1) is 6.10 Å². The Labute approximate surface area is 125 Å². The molecule has 3 atom stereocenters. The highest BCUT2D eigenvalue weighted by molar-refractivity contribution is 5.88. The number of alkyl carbamates (subject to hydrolysis) is 1. The van der Waals surface area contributed by atoms with Crippen molar-refractivity contribution in [1.29, 1.82) is 0 Å². The molecule has 1 aliphatic carbocycles. The third-order valence-electron chi connectivity index (χ3n) is 4.64. The molecule has 2 N–H and O–H groups in total. The molecule has 0 aromatic heterocycles. The van der Waals surface area contributed by atoms with Gasteiger partial charge in [0.15, 0.2) is 5.54 Å². The van der Waals surface area contributed by atoms with E-state index in [-0.39, 0.29) is 12.0 Å². The molecule has 2 aliphatic rings. The van der Waals surface area contributed by atoms with Gasteiger partial charge in [0.25, 0.3) is 0 Å². The van der Waals surface area contributed by atoms with Crippen LogP contribution in [-0.4, -0.2) is 41.0 Å². The van der Waals surface area contributed by atoms with Crippen LogP contribution in [0.1, 0.15) is 47.5 Å². The normalized spacial score (nSPS) is 34.3. The average Bonchev–Trinajstić information content (AvgIpc) is 2.33. The number of hydrogen-bond donors (Lipinski definition) is 2. The predicted octanol–water partition coefficient (Wildman–Crippen LogP) is 2.17. The first-order chi connectivity index (χ1) is 9.52. The van der Waals surface area contributed by atoms with Crippen molar-refractivity contribution in [2.24, 2.45) is 11.3 Å². The van der Waals surface area contributed by atoms with Crippen LogP contribution in [0, 0.1) is 11.3 Å². The molecule has 1 saturated heterocycles. The molecule has 0 aromatic carbocycles. The molecule has 0 unspecified atom stereocenters. The van der Waals surface area contributed by atoms with Crippen LogP contribution in [0.4, 0.5) is 4.79 Å². The highest BCUT2D eigenvalue weighted by Crippen LogP contribution is 2.58. The number of hydrogen-bond acceptors (Lipinski definition) is 4. The number of carboxylic acid groups (broad SMARTS) is 1. The number of fused-ring (bicyclic) bond motifs is 1. The molecule has 2 fully saturated rings. The molecular weight excluding hydrogens is 274 g/mol. The summed E-state index contributed by atoms with van der Waals surface area (Å²) < 4.78 is 11.0. The summed E-state index contributed by atoms with van der Waals surface area (Å²) in [6.45, 7) is 9.54. The lowest BCUT2D eigenvalue weighted by atomic mass is 9.46. The zero-order chi connectivity index (χ0) is 16.1. The van der Waals surface area contributed by atoms with E-state index in [1.807, 2.05) is 13.8 Å². The van der Waals surface area contributed by atoms with Crippen LogP contribution in [0.15, 0.2) is 0 Å². The van der Waals surface area contributed by atoms with Crippen molar-refractivity contribution in [3.8, 4) is 0 Å². The molecule has 1 saturated carbocycles. The first kappa shape index (κ1) is 16.1. The monoisotopic (exact) mass is 299 g/mol. The Morgan fingerprint density at radius 2 is 1.95 bits per heavy atom. The maximum Gasteiger partial charge on any atom is 0.408 e. The Hall–Kier alpha value is -1.30. The minimum absolute atomic E-state index is 0.141. The zero-order valence-corrected chi connectivity index (χ0v) is 13.4. The van der Waals surface area contributed by atoms with E-state index < -0.39 is 28.6 Å². The third-order valence-corrected chi connectivity index (χ3v) is 4.64. The van der Waals surface area contributed by atoms with E-state index >= 15 is 0 Å². The molecule has 1 amide bonds. The van der Waals surface area contributed by atoms with Crippen molar-refractivity contribution in [3.05, 3.63) is 0 Å². The second-order valence-corrected chi connectivity index (χ2v) is 7.50. The van der Waals surface area contributed by atoms with E-state index in [1.54, 1.807) is 20.8 Å². The lowest BCUT2D eigenvalue weighted by Crippen LogP contribution is -2.82. The number of aliphatic carboxylic acids is 1. The Bertz CT molecular complexity index is 453. The van der Waals surface area contributed by atoms with Gasteiger partial charge in [-0.2, -0.15) is 0 Å². The predicted molar refractivity (Wildman–Crippen MR) is 76.0 cm³/mol. The van der Waals surface area contributed by atoms with Crippen molar-refractivity contribution in [2.45, 2.75) is 64.7 Å². The minimum atomic E-state index is -1.33. The number of ether oxygens (including phenoxy) is 2. The summed E-state index contributed by atoms with van der Waals surface area (Å²) in [6, 6.07) is 0. The fraction of sp³-hybridized carbons (Fsp3) is 0.867. The highest BCUT2D eigenvalue weighted by Gasteiger charge is 2.73. The SMILES string of the molecule is CC(C)(C)OC(=O)N[C@]1(C(=O)O)[C@@H]2CCCO[C@H]2C1(C)C. The average molecular weight is 299 g/mol. The van der Waals surface area contributed by atoms with Gasteiger partial charge in [-0.3, -0.25) is 0 Å². The van der Waals surface area contributed by atoms with E-state index in [2.05, 4.69) is 5.32 Å². The first-order valence-electron chi connectivity index (χ1n) is 7.38. The van der Waals surface area contributed by atoms with Crippen LogP contribution >= 0.6 is 0 Å². The molecule has 21 heavy (non-hydrogen) atoms. The zero-order valence-electron chi connectivity index (χ0n) is 13.4. The van der Waals surface area contributed by atoms with E-state index in [9.17, 15) is 14.7 Å². The van der Waals surface area contributed by atoms with Gasteiger partial charge in [-0.05, 0) is 33.6 Å². The van der Waals surface area contributed by atoms with Crippen LogP contribution in [0.5, 0.6) is 0 Å². The third kappa shape index (κ3) is 2.39. The summed E-state index contributed by atoms with van der Waals surface area (Å²) in [5, 5.41) is 12.4. The van der Waals surface area contributed by atoms with Gasteiger partial charge in [0.2, 0.25) is 0 Å². The second kappa shape index (κ2) is 4.87. The lowest BCUT2D eigenvalue weighted by Gasteiger charge is -2.65. The molecule has 2 rings (SSSR count). The molecule has 0 radical (unpaired) electrons. The minimum Gasteiger partial charge on any atom is -0.479 e. The van der Waals surface area contributed by atoms with Crippen LogP contribution in [0.2, 0.25) is 0 Å². The topological polar surface area (TPSA) is 84.9 Å². The fourth-order valence-electron chi connectivity index (χ4n) is 3.75. The summed E-state index contributed by atoms with van der Waals surface area (Å²) in [6.07, 6.45) is 0.706.